The maximum absolute atomic E-state index is 11.5. The molecule has 1 N–H and O–H groups in total. The number of carbonyl (C=O) groups is 3. The number of carbonyl (C=O) groups excluding carboxylic acids is 3. The van der Waals surface area contributed by atoms with E-state index in [1.165, 1.54) is 0 Å². The number of aliphatic hydroxyl groups is 1. The number of aromatic nitrogens is 2. The third-order valence-corrected chi connectivity index (χ3v) is 7.16. The van der Waals surface area contributed by atoms with Gasteiger partial charge in [-0.1, -0.05) is 12.1 Å². The molecule has 0 spiro atoms. The van der Waals surface area contributed by atoms with Crippen molar-refractivity contribution in [3.63, 3.8) is 0 Å². The van der Waals surface area contributed by atoms with E-state index in [4.69, 9.17) is 0 Å². The quantitative estimate of drug-likeness (QED) is 0.294. The Bertz CT molecular complexity index is 1160. The monoisotopic (exact) mass is 697 g/mol. The third-order valence-electron chi connectivity index (χ3n) is 7.16. The topological polar surface area (TPSA) is 179 Å². The van der Waals surface area contributed by atoms with Gasteiger partial charge in [-0.25, -0.2) is 0 Å². The van der Waals surface area contributed by atoms with Gasteiger partial charge in [0, 0.05) is 95.5 Å². The van der Waals surface area contributed by atoms with E-state index >= 15 is 0 Å². The van der Waals surface area contributed by atoms with Crippen LogP contribution in [0.2, 0.25) is 0 Å². The normalized spacial score (nSPS) is 21.6. The van der Waals surface area contributed by atoms with Crippen LogP contribution < -0.4 is 15.3 Å². The van der Waals surface area contributed by atoms with Crippen molar-refractivity contribution in [2.45, 2.75) is 12.1 Å². The van der Waals surface area contributed by atoms with Crippen molar-refractivity contribution in [3.8, 4) is 11.4 Å². The van der Waals surface area contributed by atoms with Crippen LogP contribution in [0.1, 0.15) is 23.3 Å². The van der Waals surface area contributed by atoms with Gasteiger partial charge in [-0.2, -0.15) is 0 Å². The fourth-order valence-corrected chi connectivity index (χ4v) is 5.30. The van der Waals surface area contributed by atoms with Crippen molar-refractivity contribution < 1.29 is 74.8 Å². The zero-order chi connectivity index (χ0) is 27.9. The summed E-state index contributed by atoms with van der Waals surface area (Å²) in [7, 11) is 0. The van der Waals surface area contributed by atoms with Crippen molar-refractivity contribution in [1.82, 2.24) is 29.6 Å². The molecule has 1 saturated heterocycles. The second-order valence-electron chi connectivity index (χ2n) is 9.75. The number of carboxylic acid groups (broad SMARTS) is 3. The molecule has 1 radical (unpaired) electrons. The van der Waals surface area contributed by atoms with Crippen LogP contribution in [0.15, 0.2) is 36.7 Å². The summed E-state index contributed by atoms with van der Waals surface area (Å²) >= 11 is 0. The molecule has 2 unspecified atom stereocenters. The van der Waals surface area contributed by atoms with Gasteiger partial charge in [-0.05, 0) is 12.1 Å². The molecule has 2 aliphatic rings. The van der Waals surface area contributed by atoms with E-state index in [0.717, 1.165) is 5.56 Å². The number of pyridine rings is 2. The summed E-state index contributed by atoms with van der Waals surface area (Å²) < 4.78 is 0. The maximum Gasteiger partial charge on any atom is 3.00 e. The number of carboxylic acids is 3. The average Bonchev–Trinajstić information content (AvgIpc) is 2.89. The summed E-state index contributed by atoms with van der Waals surface area (Å²) in [5.41, 5.74) is 2.62. The van der Waals surface area contributed by atoms with Crippen LogP contribution in [0.5, 0.6) is 0 Å². The number of aliphatic carboxylic acids is 3. The minimum Gasteiger partial charge on any atom is -0.549 e. The Morgan fingerprint density at radius 1 is 0.700 bits per heavy atom. The van der Waals surface area contributed by atoms with Gasteiger partial charge < -0.3 is 34.8 Å². The molecule has 2 aromatic rings. The second kappa shape index (κ2) is 15.2. The summed E-state index contributed by atoms with van der Waals surface area (Å²) in [5.74, 6) is -3.79. The van der Waals surface area contributed by atoms with Gasteiger partial charge in [0.15, 0.2) is 0 Å². The van der Waals surface area contributed by atoms with Crippen molar-refractivity contribution in [2.24, 2.45) is 0 Å². The Kier molecular flexibility index (Phi) is 12.3. The fraction of sp³-hybridized carbons (Fsp3) is 0.500. The first-order chi connectivity index (χ1) is 18.7. The number of hydrogen-bond acceptors (Lipinski definition) is 13. The van der Waals surface area contributed by atoms with Gasteiger partial charge in [0.2, 0.25) is 0 Å². The Morgan fingerprint density at radius 3 is 1.50 bits per heavy atom. The van der Waals surface area contributed by atoms with Crippen LogP contribution in [0.25, 0.3) is 11.4 Å². The number of rotatable bonds is 7. The molecule has 0 saturated carbocycles. The molecule has 14 heteroatoms. The van der Waals surface area contributed by atoms with Crippen molar-refractivity contribution in [1.29, 1.82) is 0 Å². The minimum atomic E-state index is -1.28. The van der Waals surface area contributed by atoms with Crippen molar-refractivity contribution >= 4 is 17.9 Å². The van der Waals surface area contributed by atoms with Gasteiger partial charge in [-0.15, -0.1) is 0 Å². The summed E-state index contributed by atoms with van der Waals surface area (Å²) in [6.07, 6.45) is 2.34. The first kappa shape index (κ1) is 32.4. The molecular formula is C26H31GdN6O7. The van der Waals surface area contributed by atoms with E-state index in [2.05, 4.69) is 9.97 Å². The van der Waals surface area contributed by atoms with Crippen LogP contribution >= 0.6 is 0 Å². The number of hydrogen-bond donors (Lipinski definition) is 1. The summed E-state index contributed by atoms with van der Waals surface area (Å²) in [6.45, 7) is 1.13. The summed E-state index contributed by atoms with van der Waals surface area (Å²) in [5, 5.41) is 45.8. The molecule has 1 aliphatic carbocycles. The minimum absolute atomic E-state index is 0. The molecule has 3 heterocycles. The molecule has 0 amide bonds. The largest absolute Gasteiger partial charge is 3.00 e. The second-order valence-corrected chi connectivity index (χ2v) is 9.75. The maximum atomic E-state index is 11.5. The van der Waals surface area contributed by atoms with Crippen LogP contribution in [0, 0.1) is 39.9 Å². The van der Waals surface area contributed by atoms with E-state index in [0.29, 0.717) is 30.0 Å². The number of fused-ring (bicyclic) bond motifs is 3. The smallest absolute Gasteiger partial charge is 0.549 e. The van der Waals surface area contributed by atoms with E-state index in [1.54, 1.807) is 45.3 Å². The van der Waals surface area contributed by atoms with Gasteiger partial charge >= 0.3 is 39.9 Å². The zero-order valence-corrected chi connectivity index (χ0v) is 24.1. The Balaban J connectivity index is 0.00000441. The number of aliphatic hydroxyl groups excluding tert-OH is 1. The molecule has 1 aliphatic heterocycles. The fourth-order valence-electron chi connectivity index (χ4n) is 5.30. The predicted octanol–water partition coefficient (Wildman–Crippen LogP) is -4.30. The van der Waals surface area contributed by atoms with Gasteiger partial charge in [0.1, 0.15) is 6.10 Å². The van der Waals surface area contributed by atoms with Crippen LogP contribution in [-0.4, -0.2) is 125 Å². The van der Waals surface area contributed by atoms with E-state index < -0.39 is 30.1 Å². The van der Waals surface area contributed by atoms with Crippen LogP contribution in [0.4, 0.5) is 0 Å². The van der Waals surface area contributed by atoms with Gasteiger partial charge in [0.25, 0.3) is 0 Å². The standard InChI is InChI=1S/C26H34N6O7.Gd/c33-20(34)15-29-7-9-30(16-21(35)36)11-13-32(14-12-31(10-8-29)17-22(37)38)25-18-3-1-5-27-23(18)24-19(26(25)39)4-2-6-28-24;/h1-6,25-26,39H,7-17H2,(H,33,34)(H,35,36)(H,37,38);/q;+3/p-3. The Labute approximate surface area is 264 Å². The van der Waals surface area contributed by atoms with Crippen molar-refractivity contribution in [3.05, 3.63) is 47.8 Å². The molecule has 4 rings (SSSR count). The molecule has 13 nitrogen and oxygen atoms in total. The molecule has 2 atom stereocenters. The number of nitrogens with zero attached hydrogens (tertiary/aromatic N) is 6. The van der Waals surface area contributed by atoms with E-state index in [-0.39, 0.29) is 98.8 Å². The average molecular weight is 697 g/mol. The SMILES string of the molecule is O=C([O-])CN1CCN(CC(=O)[O-])CCN(C2c3cccnc3-c3ncccc3C2O)CCN(CC(=O)[O-])CC1.[Gd+3]. The molecular weight excluding hydrogens is 666 g/mol. The first-order valence-corrected chi connectivity index (χ1v) is 12.8. The Hall–Kier alpha value is -2.17. The van der Waals surface area contributed by atoms with Gasteiger partial charge in [0.05, 0.1) is 35.3 Å². The summed E-state index contributed by atoms with van der Waals surface area (Å²) in [4.78, 5) is 50.1. The molecule has 40 heavy (non-hydrogen) atoms. The van der Waals surface area contributed by atoms with Crippen LogP contribution in [-0.2, 0) is 14.4 Å². The van der Waals surface area contributed by atoms with Crippen LogP contribution in [0.3, 0.4) is 0 Å². The molecule has 2 aromatic heterocycles. The van der Waals surface area contributed by atoms with E-state index in [9.17, 15) is 34.8 Å². The molecule has 215 valence electrons. The van der Waals surface area contributed by atoms with Crippen molar-refractivity contribution in [2.75, 3.05) is 72.0 Å². The summed E-state index contributed by atoms with van der Waals surface area (Å²) in [6, 6.07) is 6.65. The zero-order valence-electron chi connectivity index (χ0n) is 21.8. The van der Waals surface area contributed by atoms with E-state index in [1.807, 2.05) is 11.0 Å². The van der Waals surface area contributed by atoms with Gasteiger partial charge in [-0.3, -0.25) is 29.6 Å². The first-order valence-electron chi connectivity index (χ1n) is 12.8. The predicted molar refractivity (Wildman–Crippen MR) is 131 cm³/mol. The molecule has 0 bridgehead atoms. The molecule has 0 aromatic carbocycles. The molecule has 1 fully saturated rings. The third kappa shape index (κ3) is 8.43. The Morgan fingerprint density at radius 2 is 1.07 bits per heavy atom.